The molecule has 366 valence electrons. The Morgan fingerprint density at radius 3 is 2.25 bits per heavy atom. The van der Waals surface area contributed by atoms with E-state index >= 15 is 0 Å². The SMILES string of the molecule is CC(=NNC(=O)CCN1C(=O)C=CC1=O)c1ccc(OCCN2CCN(C(=O)Oc3cc4c(c5ccccc35)C(CCl)CN4C(=O)c3cc4cc(NC(=O)c5cc6cc(F)ccc6[nH]5)ccc4[nH]3)CC2)cc1. The molecule has 1 fully saturated rings. The Kier molecular flexibility index (Phi) is 13.3. The lowest BCUT2D eigenvalue weighted by atomic mass is 9.95. The van der Waals surface area contributed by atoms with Gasteiger partial charge in [-0.05, 0) is 96.2 Å². The van der Waals surface area contributed by atoms with E-state index in [0.29, 0.717) is 102 Å². The van der Waals surface area contributed by atoms with Gasteiger partial charge in [-0.2, -0.15) is 5.10 Å². The van der Waals surface area contributed by atoms with Gasteiger partial charge in [0, 0.05) is 115 Å². The average molecular weight is 992 g/mol. The number of nitrogens with zero attached hydrogens (tertiary/aromatic N) is 5. The smallest absolute Gasteiger partial charge is 0.415 e. The molecule has 72 heavy (non-hydrogen) atoms. The van der Waals surface area contributed by atoms with Gasteiger partial charge in [0.15, 0.2) is 0 Å². The summed E-state index contributed by atoms with van der Waals surface area (Å²) in [6.45, 7) is 5.17. The number of rotatable bonds is 14. The number of alkyl halides is 1. The zero-order valence-electron chi connectivity index (χ0n) is 38.9. The van der Waals surface area contributed by atoms with E-state index in [1.165, 1.54) is 24.3 Å². The van der Waals surface area contributed by atoms with E-state index in [1.807, 2.05) is 48.5 Å². The fourth-order valence-electron chi connectivity index (χ4n) is 9.24. The predicted molar refractivity (Wildman–Crippen MR) is 270 cm³/mol. The molecule has 0 saturated carbocycles. The number of fused-ring (bicyclic) bond motifs is 5. The molecule has 19 heteroatoms. The minimum Gasteiger partial charge on any atom is -0.492 e. The first-order chi connectivity index (χ1) is 34.9. The maximum absolute atomic E-state index is 14.4. The number of aromatic amines is 2. The number of H-pyrrole nitrogens is 2. The van der Waals surface area contributed by atoms with E-state index in [-0.39, 0.29) is 36.4 Å². The van der Waals surface area contributed by atoms with Crippen LogP contribution >= 0.6 is 11.6 Å². The monoisotopic (exact) mass is 991 g/mol. The molecule has 0 aliphatic carbocycles. The Hall–Kier alpha value is -8.35. The second-order valence-electron chi connectivity index (χ2n) is 17.7. The summed E-state index contributed by atoms with van der Waals surface area (Å²) in [6.07, 6.45) is 1.78. The molecule has 3 aliphatic heterocycles. The molecule has 10 rings (SSSR count). The van der Waals surface area contributed by atoms with E-state index in [2.05, 4.69) is 30.7 Å². The number of aromatic nitrogens is 2. The van der Waals surface area contributed by atoms with Crippen molar-refractivity contribution in [1.82, 2.24) is 30.1 Å². The second kappa shape index (κ2) is 20.2. The number of nitrogens with one attached hydrogen (secondary N) is 4. The molecule has 0 bridgehead atoms. The van der Waals surface area contributed by atoms with Crippen molar-refractivity contribution in [3.8, 4) is 11.5 Å². The molecule has 17 nitrogen and oxygen atoms in total. The van der Waals surface area contributed by atoms with Crippen LogP contribution in [0.15, 0.2) is 120 Å². The van der Waals surface area contributed by atoms with Crippen molar-refractivity contribution < 1.29 is 42.6 Å². The number of anilines is 2. The molecule has 5 aromatic carbocycles. The van der Waals surface area contributed by atoms with E-state index < -0.39 is 35.5 Å². The molecule has 4 N–H and O–H groups in total. The number of benzene rings is 5. The first-order valence-corrected chi connectivity index (χ1v) is 23.9. The Morgan fingerprint density at radius 1 is 0.806 bits per heavy atom. The number of imide groups is 1. The van der Waals surface area contributed by atoms with Gasteiger partial charge in [0.25, 0.3) is 23.6 Å². The molecule has 1 unspecified atom stereocenters. The molecule has 6 amide bonds. The van der Waals surface area contributed by atoms with Crippen molar-refractivity contribution in [3.63, 3.8) is 0 Å². The zero-order chi connectivity index (χ0) is 50.0. The first kappa shape index (κ1) is 47.3. The fourth-order valence-corrected chi connectivity index (χ4v) is 9.49. The van der Waals surface area contributed by atoms with Crippen LogP contribution in [0.4, 0.5) is 20.6 Å². The highest BCUT2D eigenvalue weighted by Gasteiger charge is 2.36. The van der Waals surface area contributed by atoms with Gasteiger partial charge in [0.2, 0.25) is 5.91 Å². The normalized spacial score (nSPS) is 16.0. The van der Waals surface area contributed by atoms with E-state index in [4.69, 9.17) is 21.1 Å². The van der Waals surface area contributed by atoms with Crippen LogP contribution in [0.3, 0.4) is 0 Å². The highest BCUT2D eigenvalue weighted by Crippen LogP contribution is 2.46. The third-order valence-electron chi connectivity index (χ3n) is 13.1. The summed E-state index contributed by atoms with van der Waals surface area (Å²) >= 11 is 6.58. The molecule has 0 radical (unpaired) electrons. The second-order valence-corrected chi connectivity index (χ2v) is 18.0. The third-order valence-corrected chi connectivity index (χ3v) is 13.5. The van der Waals surface area contributed by atoms with Gasteiger partial charge >= 0.3 is 6.09 Å². The largest absolute Gasteiger partial charge is 0.492 e. The molecule has 0 spiro atoms. The fraction of sp³-hybridized carbons (Fsp3) is 0.226. The number of carbonyl (C=O) groups is 6. The number of amides is 6. The maximum atomic E-state index is 14.4. The Bertz CT molecular complexity index is 3360. The first-order valence-electron chi connectivity index (χ1n) is 23.3. The van der Waals surface area contributed by atoms with Gasteiger partial charge in [-0.1, -0.05) is 24.3 Å². The number of halogens is 2. The summed E-state index contributed by atoms with van der Waals surface area (Å²) in [4.78, 5) is 89.8. The third kappa shape index (κ3) is 9.86. The lowest BCUT2D eigenvalue weighted by Crippen LogP contribution is -2.50. The minimum absolute atomic E-state index is 0.0267. The van der Waals surface area contributed by atoms with Crippen molar-refractivity contribution >= 4 is 96.9 Å². The molecule has 2 aromatic heterocycles. The summed E-state index contributed by atoms with van der Waals surface area (Å²) in [5, 5.41) is 9.87. The summed E-state index contributed by atoms with van der Waals surface area (Å²) in [7, 11) is 0. The van der Waals surface area contributed by atoms with E-state index in [1.54, 1.807) is 59.2 Å². The van der Waals surface area contributed by atoms with Gasteiger partial charge < -0.3 is 34.6 Å². The van der Waals surface area contributed by atoms with Crippen LogP contribution in [0.1, 0.15) is 51.4 Å². The molecule has 1 atom stereocenters. The quantitative estimate of drug-likeness (QED) is 0.0368. The zero-order valence-corrected chi connectivity index (χ0v) is 39.6. The predicted octanol–water partition coefficient (Wildman–Crippen LogP) is 7.53. The summed E-state index contributed by atoms with van der Waals surface area (Å²) in [5.41, 5.74) is 7.73. The van der Waals surface area contributed by atoms with Gasteiger partial charge in [-0.25, -0.2) is 14.6 Å². The number of hydrazone groups is 1. The number of hydrogen-bond donors (Lipinski definition) is 4. The van der Waals surface area contributed by atoms with Gasteiger partial charge in [0.1, 0.15) is 35.3 Å². The number of piperazine rings is 1. The maximum Gasteiger partial charge on any atom is 0.415 e. The Morgan fingerprint density at radius 2 is 1.50 bits per heavy atom. The van der Waals surface area contributed by atoms with Gasteiger partial charge in [-0.3, -0.25) is 33.8 Å². The van der Waals surface area contributed by atoms with Crippen LogP contribution in [0.5, 0.6) is 11.5 Å². The summed E-state index contributed by atoms with van der Waals surface area (Å²) in [6, 6.07) is 29.5. The molecule has 1 saturated heterocycles. The minimum atomic E-state index is -0.496. The average Bonchev–Trinajstić information content (AvgIpc) is 4.19. The molecular weight excluding hydrogens is 945 g/mol. The van der Waals surface area contributed by atoms with Crippen LogP contribution in [-0.2, 0) is 14.4 Å². The van der Waals surface area contributed by atoms with Crippen LogP contribution in [0.2, 0.25) is 0 Å². The highest BCUT2D eigenvalue weighted by atomic mass is 35.5. The van der Waals surface area contributed by atoms with Crippen molar-refractivity contribution in [2.24, 2.45) is 5.10 Å². The Labute approximate surface area is 416 Å². The lowest BCUT2D eigenvalue weighted by Gasteiger charge is -2.34. The molecule has 7 aromatic rings. The van der Waals surface area contributed by atoms with E-state index in [0.717, 1.165) is 26.8 Å². The van der Waals surface area contributed by atoms with Crippen LogP contribution < -0.4 is 25.1 Å². The highest BCUT2D eigenvalue weighted by molar-refractivity contribution is 6.19. The van der Waals surface area contributed by atoms with Crippen molar-refractivity contribution in [3.05, 3.63) is 144 Å². The van der Waals surface area contributed by atoms with Crippen molar-refractivity contribution in [2.75, 3.05) is 68.5 Å². The lowest BCUT2D eigenvalue weighted by molar-refractivity contribution is -0.137. The van der Waals surface area contributed by atoms with Crippen LogP contribution in [-0.4, -0.2) is 124 Å². The molecule has 3 aliphatic rings. The van der Waals surface area contributed by atoms with Crippen molar-refractivity contribution in [2.45, 2.75) is 19.3 Å². The van der Waals surface area contributed by atoms with Crippen LogP contribution in [0, 0.1) is 5.82 Å². The summed E-state index contributed by atoms with van der Waals surface area (Å²) < 4.78 is 25.9. The molecular formula is C53H47ClFN9O8. The van der Waals surface area contributed by atoms with Crippen LogP contribution in [0.25, 0.3) is 32.6 Å². The van der Waals surface area contributed by atoms with Gasteiger partial charge in [-0.15, -0.1) is 11.6 Å². The van der Waals surface area contributed by atoms with Gasteiger partial charge in [0.05, 0.1) is 11.4 Å². The molecule has 5 heterocycles. The number of ether oxygens (including phenoxy) is 2. The topological polar surface area (TPSA) is 202 Å². The standard InChI is InChI=1S/C53H47ClFN9O8/c1-31(59-60-47(65)16-17-63-48(66)14-15-49(63)67)32-6-10-38(11-7-32)71-23-22-61-18-20-62(21-19-61)53(70)72-46-28-45-50(40-5-3-2-4-39(40)46)35(29-54)30-64(45)52(69)44-27-34-25-37(9-13-42(34)58-44)56-51(68)43-26-33-24-36(55)8-12-41(33)57-43/h2-15,24-28,35,57-58H,16-23,29-30H2,1H3,(H,56,68)(H,60,65). The Balaban J connectivity index is 0.738. The summed E-state index contributed by atoms with van der Waals surface area (Å²) in [5.74, 6) is -1.34. The van der Waals surface area contributed by atoms with Crippen molar-refractivity contribution in [1.29, 1.82) is 0 Å². The number of hydrogen-bond acceptors (Lipinski definition) is 10. The number of carbonyl (C=O) groups excluding carboxylic acids is 6. The van der Waals surface area contributed by atoms with E-state index in [9.17, 15) is 33.2 Å².